The van der Waals surface area contributed by atoms with Crippen molar-refractivity contribution in [3.8, 4) is 0 Å². The van der Waals surface area contributed by atoms with Gasteiger partial charge >= 0.3 is 0 Å². The maximum Gasteiger partial charge on any atom is 0.164 e. The van der Waals surface area contributed by atoms with E-state index < -0.39 is 0 Å². The van der Waals surface area contributed by atoms with Crippen molar-refractivity contribution in [3.63, 3.8) is 0 Å². The highest BCUT2D eigenvalue weighted by molar-refractivity contribution is 5.34. The molecule has 0 aromatic heterocycles. The zero-order valence-electron chi connectivity index (χ0n) is 8.75. The number of allylic oxidation sites excluding steroid dienone is 4. The van der Waals surface area contributed by atoms with Crippen molar-refractivity contribution < 1.29 is 4.48 Å². The highest BCUT2D eigenvalue weighted by Crippen LogP contribution is 2.32. The van der Waals surface area contributed by atoms with Gasteiger partial charge in [0.2, 0.25) is 0 Å². The first kappa shape index (κ1) is 8.76. The fraction of sp³-hybridized carbons (Fsp3) is 0.500. The Balaban J connectivity index is 2.11. The van der Waals surface area contributed by atoms with Gasteiger partial charge in [-0.3, -0.25) is 0 Å². The van der Waals surface area contributed by atoms with Gasteiger partial charge in [-0.15, -0.1) is 0 Å². The molecular weight excluding hydrogens is 158 g/mol. The van der Waals surface area contributed by atoms with Crippen molar-refractivity contribution in [2.24, 2.45) is 0 Å². The van der Waals surface area contributed by atoms with Crippen molar-refractivity contribution in [1.82, 2.24) is 0 Å². The zero-order valence-corrected chi connectivity index (χ0v) is 8.75. The average molecular weight is 176 g/mol. The summed E-state index contributed by atoms with van der Waals surface area (Å²) in [5.74, 6) is 0. The van der Waals surface area contributed by atoms with Gasteiger partial charge in [0.1, 0.15) is 6.54 Å². The smallest absolute Gasteiger partial charge is 0.164 e. The zero-order chi connectivity index (χ0) is 9.47. The van der Waals surface area contributed by atoms with E-state index in [1.54, 1.807) is 0 Å². The highest BCUT2D eigenvalue weighted by atomic mass is 15.5. The molecule has 0 radical (unpaired) electrons. The van der Waals surface area contributed by atoms with E-state index in [-0.39, 0.29) is 0 Å². The monoisotopic (exact) mass is 176 g/mol. The van der Waals surface area contributed by atoms with E-state index in [9.17, 15) is 0 Å². The fourth-order valence-corrected chi connectivity index (χ4v) is 1.90. The summed E-state index contributed by atoms with van der Waals surface area (Å²) in [6, 6.07) is 0.760. The first-order valence-corrected chi connectivity index (χ1v) is 4.97. The first-order chi connectivity index (χ1) is 6.09. The molecule has 1 aliphatic heterocycles. The van der Waals surface area contributed by atoms with Crippen LogP contribution in [0.15, 0.2) is 35.5 Å². The summed E-state index contributed by atoms with van der Waals surface area (Å²) in [5, 5.41) is 0. The van der Waals surface area contributed by atoms with Gasteiger partial charge < -0.3 is 4.48 Å². The Morgan fingerprint density at radius 1 is 1.23 bits per heavy atom. The third-order valence-corrected chi connectivity index (χ3v) is 3.07. The van der Waals surface area contributed by atoms with Crippen molar-refractivity contribution in [2.75, 3.05) is 20.6 Å². The molecule has 1 atom stereocenters. The highest BCUT2D eigenvalue weighted by Gasteiger charge is 2.48. The fourth-order valence-electron chi connectivity index (χ4n) is 1.90. The summed E-state index contributed by atoms with van der Waals surface area (Å²) in [6.07, 6.45) is 10.3. The van der Waals surface area contributed by atoms with E-state index in [0.29, 0.717) is 0 Å². The van der Waals surface area contributed by atoms with E-state index in [2.05, 4.69) is 45.3 Å². The standard InChI is InChI=1S/C12H18N/c1-10-5-4-6-11(8-7-10)12-9-13(12,2)3/h5-8,12H,4,9H2,1-3H3/q+1. The molecule has 1 heteroatoms. The summed E-state index contributed by atoms with van der Waals surface area (Å²) < 4.78 is 1.16. The van der Waals surface area contributed by atoms with Crippen molar-refractivity contribution in [3.05, 3.63) is 35.5 Å². The second-order valence-corrected chi connectivity index (χ2v) is 4.70. The van der Waals surface area contributed by atoms with Crippen LogP contribution >= 0.6 is 0 Å². The third-order valence-electron chi connectivity index (χ3n) is 3.07. The molecule has 0 aromatic rings. The average Bonchev–Trinajstić information content (AvgIpc) is 2.71. The number of hydrogen-bond acceptors (Lipinski definition) is 0. The molecule has 2 rings (SSSR count). The number of hydrogen-bond donors (Lipinski definition) is 0. The molecule has 13 heavy (non-hydrogen) atoms. The molecular formula is C12H18N+. The van der Waals surface area contributed by atoms with E-state index in [1.807, 2.05) is 0 Å². The second-order valence-electron chi connectivity index (χ2n) is 4.70. The van der Waals surface area contributed by atoms with Gasteiger partial charge in [-0.2, -0.15) is 0 Å². The minimum Gasteiger partial charge on any atom is -0.312 e. The molecule has 1 aliphatic carbocycles. The SMILES string of the molecule is CC1=CCC=C(C2C[N+]2(C)C)C=C1. The molecule has 0 saturated carbocycles. The molecule has 70 valence electrons. The molecule has 1 unspecified atom stereocenters. The molecule has 0 N–H and O–H groups in total. The van der Waals surface area contributed by atoms with Crippen LogP contribution in [0.4, 0.5) is 0 Å². The lowest BCUT2D eigenvalue weighted by molar-refractivity contribution is -0.765. The summed E-state index contributed by atoms with van der Waals surface area (Å²) in [5.41, 5.74) is 2.91. The van der Waals surface area contributed by atoms with Crippen LogP contribution in [-0.4, -0.2) is 31.2 Å². The van der Waals surface area contributed by atoms with Gasteiger partial charge in [0.05, 0.1) is 14.1 Å². The second kappa shape index (κ2) is 2.85. The lowest BCUT2D eigenvalue weighted by Crippen LogP contribution is -2.16. The summed E-state index contributed by atoms with van der Waals surface area (Å²) in [4.78, 5) is 0. The Kier molecular flexibility index (Phi) is 1.92. The van der Waals surface area contributed by atoms with Gasteiger partial charge in [0, 0.05) is 5.57 Å². The summed E-state index contributed by atoms with van der Waals surface area (Å²) >= 11 is 0. The maximum atomic E-state index is 2.37. The van der Waals surface area contributed by atoms with Crippen molar-refractivity contribution in [1.29, 1.82) is 0 Å². The topological polar surface area (TPSA) is 0 Å². The van der Waals surface area contributed by atoms with Gasteiger partial charge in [-0.25, -0.2) is 0 Å². The first-order valence-electron chi connectivity index (χ1n) is 4.97. The molecule has 2 aliphatic rings. The lowest BCUT2D eigenvalue weighted by atomic mass is 10.1. The van der Waals surface area contributed by atoms with E-state index >= 15 is 0 Å². The summed E-state index contributed by atoms with van der Waals surface area (Å²) in [7, 11) is 4.59. The molecule has 0 aromatic carbocycles. The minimum absolute atomic E-state index is 0.760. The predicted octanol–water partition coefficient (Wildman–Crippen LogP) is 2.28. The van der Waals surface area contributed by atoms with E-state index in [4.69, 9.17) is 0 Å². The summed E-state index contributed by atoms with van der Waals surface area (Å²) in [6.45, 7) is 3.47. The van der Waals surface area contributed by atoms with Crippen molar-refractivity contribution >= 4 is 0 Å². The normalized spacial score (nSPS) is 30.5. The molecule has 0 spiro atoms. The number of rotatable bonds is 1. The van der Waals surface area contributed by atoms with Crippen LogP contribution in [0.2, 0.25) is 0 Å². The van der Waals surface area contributed by atoms with Crippen LogP contribution in [0.5, 0.6) is 0 Å². The van der Waals surface area contributed by atoms with E-state index in [0.717, 1.165) is 16.9 Å². The van der Waals surface area contributed by atoms with Gasteiger partial charge in [0.25, 0.3) is 0 Å². The number of quaternary nitrogens is 1. The largest absolute Gasteiger partial charge is 0.312 e. The number of likely N-dealkylation sites (N-methyl/N-ethyl adjacent to an activating group) is 1. The van der Waals surface area contributed by atoms with Crippen LogP contribution in [0.1, 0.15) is 13.3 Å². The molecule has 1 saturated heterocycles. The quantitative estimate of drug-likeness (QED) is 0.425. The van der Waals surface area contributed by atoms with Gasteiger partial charge in [-0.05, 0) is 13.3 Å². The van der Waals surface area contributed by atoms with Crippen LogP contribution in [0.3, 0.4) is 0 Å². The van der Waals surface area contributed by atoms with Gasteiger partial charge in [0.15, 0.2) is 6.04 Å². The van der Waals surface area contributed by atoms with Crippen LogP contribution in [0.25, 0.3) is 0 Å². The molecule has 1 fully saturated rings. The van der Waals surface area contributed by atoms with Crippen molar-refractivity contribution in [2.45, 2.75) is 19.4 Å². The van der Waals surface area contributed by atoms with Gasteiger partial charge in [-0.1, -0.05) is 29.9 Å². The van der Waals surface area contributed by atoms with Crippen LogP contribution in [-0.2, 0) is 0 Å². The molecule has 1 heterocycles. The van der Waals surface area contributed by atoms with E-state index in [1.165, 1.54) is 17.7 Å². The van der Waals surface area contributed by atoms with Crippen LogP contribution < -0.4 is 0 Å². The Labute approximate surface area is 80.6 Å². The minimum atomic E-state index is 0.760. The molecule has 0 bridgehead atoms. The Hall–Kier alpha value is -0.820. The Morgan fingerprint density at radius 3 is 2.54 bits per heavy atom. The molecule has 1 nitrogen and oxygen atoms in total. The Bertz CT molecular complexity index is 305. The Morgan fingerprint density at radius 2 is 1.92 bits per heavy atom. The maximum absolute atomic E-state index is 2.37. The van der Waals surface area contributed by atoms with Crippen LogP contribution in [0, 0.1) is 0 Å². The lowest BCUT2D eigenvalue weighted by Gasteiger charge is -2.05. The number of nitrogens with zero attached hydrogens (tertiary/aromatic N) is 1. The predicted molar refractivity (Wildman–Crippen MR) is 56.4 cm³/mol. The third kappa shape index (κ3) is 1.75. The molecule has 0 amide bonds.